The Morgan fingerprint density at radius 2 is 2.04 bits per heavy atom. The summed E-state index contributed by atoms with van der Waals surface area (Å²) in [7, 11) is 1.56. The van der Waals surface area contributed by atoms with Gasteiger partial charge in [-0.3, -0.25) is 14.4 Å². The van der Waals surface area contributed by atoms with Gasteiger partial charge in [0.05, 0.1) is 17.1 Å². The molecule has 7 nitrogen and oxygen atoms in total. The van der Waals surface area contributed by atoms with Crippen molar-refractivity contribution in [2.24, 2.45) is 0 Å². The first-order valence-electron chi connectivity index (χ1n) is 8.94. The number of nitrogens with one attached hydrogen (secondary N) is 1. The Bertz CT molecular complexity index is 895. The van der Waals surface area contributed by atoms with Crippen LogP contribution in [0.1, 0.15) is 29.7 Å². The lowest BCUT2D eigenvalue weighted by Gasteiger charge is -2.29. The van der Waals surface area contributed by atoms with Crippen molar-refractivity contribution in [1.29, 1.82) is 0 Å². The van der Waals surface area contributed by atoms with E-state index in [2.05, 4.69) is 5.32 Å². The molecule has 148 valence electrons. The van der Waals surface area contributed by atoms with E-state index < -0.39 is 0 Å². The summed E-state index contributed by atoms with van der Waals surface area (Å²) in [5, 5.41) is 2.82. The van der Waals surface area contributed by atoms with Crippen LogP contribution in [0.4, 0.5) is 11.4 Å². The molecule has 8 heteroatoms. The van der Waals surface area contributed by atoms with E-state index in [9.17, 15) is 14.4 Å². The molecule has 1 N–H and O–H groups in total. The van der Waals surface area contributed by atoms with E-state index in [1.54, 1.807) is 54.0 Å². The summed E-state index contributed by atoms with van der Waals surface area (Å²) in [5.74, 6) is 0.847. The van der Waals surface area contributed by atoms with Gasteiger partial charge in [0.1, 0.15) is 12.3 Å². The zero-order valence-electron chi connectivity index (χ0n) is 16.1. The van der Waals surface area contributed by atoms with Crippen LogP contribution in [0.5, 0.6) is 0 Å². The first kappa shape index (κ1) is 20.0. The van der Waals surface area contributed by atoms with Crippen LogP contribution in [0.15, 0.2) is 40.8 Å². The molecule has 2 heterocycles. The van der Waals surface area contributed by atoms with Gasteiger partial charge < -0.3 is 19.5 Å². The predicted octanol–water partition coefficient (Wildman–Crippen LogP) is 2.98. The molecule has 3 rings (SSSR count). The number of carbonyl (C=O) groups is 3. The molecule has 2 aromatic rings. The van der Waals surface area contributed by atoms with E-state index in [1.807, 2.05) is 19.2 Å². The van der Waals surface area contributed by atoms with Gasteiger partial charge in [-0.1, -0.05) is 12.1 Å². The molecule has 0 spiro atoms. The molecule has 28 heavy (non-hydrogen) atoms. The topological polar surface area (TPSA) is 82.9 Å². The number of para-hydroxylation sites is 2. The number of fused-ring (bicyclic) bond motifs is 1. The first-order chi connectivity index (χ1) is 13.4. The summed E-state index contributed by atoms with van der Waals surface area (Å²) >= 11 is 1.60. The van der Waals surface area contributed by atoms with Crippen LogP contribution in [0.2, 0.25) is 0 Å². The summed E-state index contributed by atoms with van der Waals surface area (Å²) in [6.45, 7) is 1.70. The van der Waals surface area contributed by atoms with E-state index in [0.717, 1.165) is 5.76 Å². The summed E-state index contributed by atoms with van der Waals surface area (Å²) in [6.07, 6.45) is 2.14. The zero-order chi connectivity index (χ0) is 20.3. The quantitative estimate of drug-likeness (QED) is 0.833. The van der Waals surface area contributed by atoms with Crippen molar-refractivity contribution in [2.75, 3.05) is 30.1 Å². The van der Waals surface area contributed by atoms with Crippen LogP contribution in [0.25, 0.3) is 0 Å². The Morgan fingerprint density at radius 1 is 1.29 bits per heavy atom. The molecule has 1 aliphatic heterocycles. The molecule has 0 unspecified atom stereocenters. The van der Waals surface area contributed by atoms with Crippen molar-refractivity contribution >= 4 is 40.9 Å². The Balaban J connectivity index is 1.77. The molecule has 0 fully saturated rings. The standard InChI is InChI=1S/C20H23N3O4S/c1-13-10-18(24)21-15-6-4-5-7-16(15)23(13)19(25)11-22(2)20(26)17-9-8-14(27-17)12-28-3/h4-9,13H,10-12H2,1-3H3,(H,21,24)/t13-/m1/s1. The lowest BCUT2D eigenvalue weighted by molar-refractivity contribution is -0.119. The van der Waals surface area contributed by atoms with Gasteiger partial charge in [-0.2, -0.15) is 11.8 Å². The van der Waals surface area contributed by atoms with E-state index >= 15 is 0 Å². The van der Waals surface area contributed by atoms with Gasteiger partial charge in [0.15, 0.2) is 5.76 Å². The van der Waals surface area contributed by atoms with E-state index in [4.69, 9.17) is 4.42 Å². The second-order valence-corrected chi connectivity index (χ2v) is 7.61. The number of benzene rings is 1. The van der Waals surface area contributed by atoms with Gasteiger partial charge >= 0.3 is 0 Å². The molecule has 3 amide bonds. The highest BCUT2D eigenvalue weighted by Gasteiger charge is 2.31. The maximum absolute atomic E-state index is 13.0. The maximum atomic E-state index is 13.0. The van der Waals surface area contributed by atoms with Gasteiger partial charge in [0, 0.05) is 19.5 Å². The number of rotatable bonds is 5. The van der Waals surface area contributed by atoms with Crippen LogP contribution < -0.4 is 10.2 Å². The molecule has 0 aliphatic carbocycles. The van der Waals surface area contributed by atoms with Gasteiger partial charge in [-0.15, -0.1) is 0 Å². The van der Waals surface area contributed by atoms with Crippen molar-refractivity contribution in [2.45, 2.75) is 25.1 Å². The van der Waals surface area contributed by atoms with Crippen molar-refractivity contribution < 1.29 is 18.8 Å². The molecule has 1 aliphatic rings. The minimum Gasteiger partial charge on any atom is -0.455 e. The average molecular weight is 401 g/mol. The minimum absolute atomic E-state index is 0.121. The predicted molar refractivity (Wildman–Crippen MR) is 110 cm³/mol. The SMILES string of the molecule is CSCc1ccc(C(=O)N(C)CC(=O)N2c3ccccc3NC(=O)C[C@H]2C)o1. The maximum Gasteiger partial charge on any atom is 0.289 e. The second-order valence-electron chi connectivity index (χ2n) is 6.74. The molecular weight excluding hydrogens is 378 g/mol. The smallest absolute Gasteiger partial charge is 0.289 e. The van der Waals surface area contributed by atoms with E-state index in [0.29, 0.717) is 17.1 Å². The number of furan rings is 1. The number of thioether (sulfide) groups is 1. The summed E-state index contributed by atoms with van der Waals surface area (Å²) < 4.78 is 5.55. The minimum atomic E-state index is -0.356. The Kier molecular flexibility index (Phi) is 6.08. The van der Waals surface area contributed by atoms with E-state index in [-0.39, 0.29) is 42.5 Å². The average Bonchev–Trinajstić information content (AvgIpc) is 3.06. The van der Waals surface area contributed by atoms with Crippen LogP contribution in [0.3, 0.4) is 0 Å². The van der Waals surface area contributed by atoms with Crippen molar-refractivity contribution in [3.8, 4) is 0 Å². The van der Waals surface area contributed by atoms with Crippen molar-refractivity contribution in [3.63, 3.8) is 0 Å². The number of anilines is 2. The fourth-order valence-corrected chi connectivity index (χ4v) is 3.66. The number of carbonyl (C=O) groups excluding carboxylic acids is 3. The normalized spacial score (nSPS) is 16.2. The fourth-order valence-electron chi connectivity index (χ4n) is 3.22. The molecule has 1 aromatic carbocycles. The third-order valence-corrected chi connectivity index (χ3v) is 5.08. The van der Waals surface area contributed by atoms with Gasteiger partial charge in [0.25, 0.3) is 5.91 Å². The monoisotopic (exact) mass is 401 g/mol. The highest BCUT2D eigenvalue weighted by Crippen LogP contribution is 2.31. The van der Waals surface area contributed by atoms with Crippen LogP contribution >= 0.6 is 11.8 Å². The van der Waals surface area contributed by atoms with Crippen molar-refractivity contribution in [3.05, 3.63) is 47.9 Å². The number of hydrogen-bond donors (Lipinski definition) is 1. The van der Waals surface area contributed by atoms with Crippen LogP contribution in [-0.4, -0.2) is 48.5 Å². The van der Waals surface area contributed by atoms with Crippen LogP contribution in [0, 0.1) is 0 Å². The molecular formula is C20H23N3O4S. The number of amides is 3. The highest BCUT2D eigenvalue weighted by molar-refractivity contribution is 7.97. The van der Waals surface area contributed by atoms with E-state index in [1.165, 1.54) is 4.90 Å². The second kappa shape index (κ2) is 8.52. The summed E-state index contributed by atoms with van der Waals surface area (Å²) in [6, 6.07) is 10.2. The number of nitrogens with zero attached hydrogens (tertiary/aromatic N) is 2. The molecule has 0 bridgehead atoms. The van der Waals surface area contributed by atoms with Gasteiger partial charge in [0.2, 0.25) is 11.8 Å². The van der Waals surface area contributed by atoms with Crippen LogP contribution in [-0.2, 0) is 15.3 Å². The first-order valence-corrected chi connectivity index (χ1v) is 10.3. The molecule has 0 saturated heterocycles. The fraction of sp³-hybridized carbons (Fsp3) is 0.350. The summed E-state index contributed by atoms with van der Waals surface area (Å²) in [4.78, 5) is 40.6. The third kappa shape index (κ3) is 4.22. The Hall–Kier alpha value is -2.74. The zero-order valence-corrected chi connectivity index (χ0v) is 16.9. The molecule has 1 atom stereocenters. The van der Waals surface area contributed by atoms with Crippen molar-refractivity contribution in [1.82, 2.24) is 4.90 Å². The van der Waals surface area contributed by atoms with Gasteiger partial charge in [-0.25, -0.2) is 0 Å². The third-order valence-electron chi connectivity index (χ3n) is 4.51. The largest absolute Gasteiger partial charge is 0.455 e. The van der Waals surface area contributed by atoms with Gasteiger partial charge in [-0.05, 0) is 37.4 Å². The molecule has 1 aromatic heterocycles. The lowest BCUT2D eigenvalue weighted by Crippen LogP contribution is -2.45. The number of likely N-dealkylation sites (N-methyl/N-ethyl adjacent to an activating group) is 1. The Labute approximate surface area is 168 Å². The lowest BCUT2D eigenvalue weighted by atomic mass is 10.1. The highest BCUT2D eigenvalue weighted by atomic mass is 32.2. The number of hydrogen-bond acceptors (Lipinski definition) is 5. The summed E-state index contributed by atoms with van der Waals surface area (Å²) in [5.41, 5.74) is 1.22. The molecule has 0 saturated carbocycles. The Morgan fingerprint density at radius 3 is 2.79 bits per heavy atom. The molecule has 0 radical (unpaired) electrons.